The average Bonchev–Trinajstić information content (AvgIpc) is 4.21. The van der Waals surface area contributed by atoms with E-state index in [4.69, 9.17) is 13.3 Å². The van der Waals surface area contributed by atoms with E-state index in [-0.39, 0.29) is 37.6 Å². The Bertz CT molecular complexity index is 4400. The standard InChI is InChI=1S/3C24H15FNO.Ir/c3*1-15-10-11-18(24-23(15)19-7-3-5-9-22(19)27-24)21-14-16(12-13-26-21)17-6-2-4-8-20(17)25;/h3*2-10,12-14H,1H3;/q3*-1;+3. The number of nitrogens with zero attached hydrogens (tertiary/aromatic N) is 3. The normalized spacial score (nSPS) is 11.2. The molecule has 0 aliphatic heterocycles. The second-order valence-electron chi connectivity index (χ2n) is 19.7. The van der Waals surface area contributed by atoms with Crippen LogP contribution in [0.2, 0.25) is 0 Å². The van der Waals surface area contributed by atoms with Crippen molar-refractivity contribution in [1.29, 1.82) is 0 Å². The van der Waals surface area contributed by atoms with E-state index in [1.165, 1.54) is 18.2 Å². The van der Waals surface area contributed by atoms with Crippen molar-refractivity contribution in [1.82, 2.24) is 15.0 Å². The summed E-state index contributed by atoms with van der Waals surface area (Å²) < 4.78 is 61.1. The molecule has 0 aliphatic rings. The first kappa shape index (κ1) is 52.9. The monoisotopic (exact) mass is 1250 g/mol. The summed E-state index contributed by atoms with van der Waals surface area (Å²) in [7, 11) is 0. The molecule has 396 valence electrons. The van der Waals surface area contributed by atoms with E-state index in [2.05, 4.69) is 51.4 Å². The maximum absolute atomic E-state index is 14.2. The molecular formula is C72H45F3IrN3O3. The van der Waals surface area contributed by atoms with Gasteiger partial charge in [0.25, 0.3) is 0 Å². The molecule has 0 saturated carbocycles. The van der Waals surface area contributed by atoms with Gasteiger partial charge in [0.15, 0.2) is 0 Å². The first-order chi connectivity index (χ1) is 39.7. The van der Waals surface area contributed by atoms with E-state index in [1.54, 1.807) is 55.0 Å². The van der Waals surface area contributed by atoms with Crippen LogP contribution in [0.1, 0.15) is 16.7 Å². The Morgan fingerprint density at radius 1 is 0.341 bits per heavy atom. The Labute approximate surface area is 483 Å². The predicted molar refractivity (Wildman–Crippen MR) is 318 cm³/mol. The number of furan rings is 3. The summed E-state index contributed by atoms with van der Waals surface area (Å²) in [6, 6.07) is 71.0. The van der Waals surface area contributed by atoms with Crippen molar-refractivity contribution in [2.45, 2.75) is 20.8 Å². The summed E-state index contributed by atoms with van der Waals surface area (Å²) >= 11 is 0. The summed E-state index contributed by atoms with van der Waals surface area (Å²) in [5, 5.41) is 6.42. The Morgan fingerprint density at radius 2 is 0.610 bits per heavy atom. The zero-order chi connectivity index (χ0) is 55.1. The number of hydrogen-bond donors (Lipinski definition) is 0. The predicted octanol–water partition coefficient (Wildman–Crippen LogP) is 19.7. The molecule has 0 amide bonds. The number of fused-ring (bicyclic) bond motifs is 9. The fourth-order valence-electron chi connectivity index (χ4n) is 10.7. The second-order valence-corrected chi connectivity index (χ2v) is 19.7. The molecule has 0 saturated heterocycles. The van der Waals surface area contributed by atoms with E-state index in [9.17, 15) is 13.2 Å². The van der Waals surface area contributed by atoms with Gasteiger partial charge in [0.05, 0.1) is 16.7 Å². The van der Waals surface area contributed by atoms with Gasteiger partial charge in [0.1, 0.15) is 34.2 Å². The van der Waals surface area contributed by atoms with Crippen molar-refractivity contribution in [2.24, 2.45) is 0 Å². The van der Waals surface area contributed by atoms with Crippen LogP contribution in [0.15, 0.2) is 232 Å². The summed E-state index contributed by atoms with van der Waals surface area (Å²) in [4.78, 5) is 13.5. The van der Waals surface area contributed by atoms with Crippen molar-refractivity contribution in [2.75, 3.05) is 0 Å². The van der Waals surface area contributed by atoms with Gasteiger partial charge in [-0.05, 0) is 88.4 Å². The fourth-order valence-corrected chi connectivity index (χ4v) is 10.7. The van der Waals surface area contributed by atoms with Gasteiger partial charge in [0.2, 0.25) is 0 Å². The fraction of sp³-hybridized carbons (Fsp3) is 0.0417. The van der Waals surface area contributed by atoms with E-state index < -0.39 is 0 Å². The van der Waals surface area contributed by atoms with Gasteiger partial charge in [-0.15, -0.1) is 53.1 Å². The first-order valence-corrected chi connectivity index (χ1v) is 26.3. The van der Waals surface area contributed by atoms with Gasteiger partial charge < -0.3 is 28.2 Å². The minimum atomic E-state index is -0.253. The Morgan fingerprint density at radius 3 is 0.902 bits per heavy atom. The third-order valence-electron chi connectivity index (χ3n) is 14.6. The van der Waals surface area contributed by atoms with Gasteiger partial charge in [-0.2, -0.15) is 0 Å². The molecule has 0 atom stereocenters. The summed E-state index contributed by atoms with van der Waals surface area (Å²) in [5.41, 5.74) is 16.5. The molecule has 0 bridgehead atoms. The summed E-state index contributed by atoms with van der Waals surface area (Å²) in [6.45, 7) is 6.15. The molecule has 0 radical (unpaired) electrons. The number of aromatic nitrogens is 3. The number of pyridine rings is 3. The van der Waals surface area contributed by atoms with Crippen LogP contribution in [0.5, 0.6) is 0 Å². The zero-order valence-electron chi connectivity index (χ0n) is 44.3. The van der Waals surface area contributed by atoms with Gasteiger partial charge in [-0.25, -0.2) is 13.2 Å². The molecular weight excluding hydrogens is 1200 g/mol. The van der Waals surface area contributed by atoms with Crippen LogP contribution in [0.4, 0.5) is 13.2 Å². The van der Waals surface area contributed by atoms with E-state index in [0.717, 1.165) is 116 Å². The number of rotatable bonds is 6. The van der Waals surface area contributed by atoms with Gasteiger partial charge >= 0.3 is 20.1 Å². The molecule has 15 rings (SSSR count). The molecule has 6 nitrogen and oxygen atoms in total. The molecule has 82 heavy (non-hydrogen) atoms. The molecule has 0 fully saturated rings. The van der Waals surface area contributed by atoms with Crippen LogP contribution in [-0.4, -0.2) is 15.0 Å². The summed E-state index contributed by atoms with van der Waals surface area (Å²) in [6.07, 6.45) is 5.08. The molecule has 0 aliphatic carbocycles. The number of halogens is 3. The number of aryl methyl sites for hydroxylation is 3. The maximum Gasteiger partial charge on any atom is 3.00 e. The molecule has 9 aromatic carbocycles. The molecule has 6 heterocycles. The number of benzene rings is 9. The van der Waals surface area contributed by atoms with Crippen molar-refractivity contribution < 1.29 is 46.5 Å². The van der Waals surface area contributed by atoms with Crippen LogP contribution >= 0.6 is 0 Å². The number of para-hydroxylation sites is 3. The summed E-state index contributed by atoms with van der Waals surface area (Å²) in [5.74, 6) is -0.760. The van der Waals surface area contributed by atoms with Gasteiger partial charge in [-0.1, -0.05) is 181 Å². The smallest absolute Gasteiger partial charge is 0.501 e. The largest absolute Gasteiger partial charge is 3.00 e. The van der Waals surface area contributed by atoms with Crippen molar-refractivity contribution >= 4 is 65.8 Å². The molecule has 0 unspecified atom stereocenters. The first-order valence-electron chi connectivity index (χ1n) is 26.3. The Kier molecular flexibility index (Phi) is 14.5. The third kappa shape index (κ3) is 9.82. The van der Waals surface area contributed by atoms with E-state index in [1.807, 2.05) is 148 Å². The zero-order valence-corrected chi connectivity index (χ0v) is 46.7. The molecule has 6 aromatic heterocycles. The van der Waals surface area contributed by atoms with Crippen LogP contribution in [0, 0.1) is 56.4 Å². The Hall–Kier alpha value is -9.73. The van der Waals surface area contributed by atoms with Crippen LogP contribution in [0.25, 0.3) is 133 Å². The van der Waals surface area contributed by atoms with E-state index >= 15 is 0 Å². The molecule has 0 N–H and O–H groups in total. The van der Waals surface area contributed by atoms with Crippen LogP contribution in [-0.2, 0) is 20.1 Å². The van der Waals surface area contributed by atoms with Crippen molar-refractivity contribution in [3.8, 4) is 67.2 Å². The SMILES string of the molecule is Cc1c[c-]c(-c2cc(-c3ccccc3F)ccn2)c2oc3ccccc3c12.Cc1c[c-]c(-c2cc(-c3ccccc3F)ccn2)c2oc3ccccc3c12.Cc1c[c-]c(-c2cc(-c3ccccc3F)ccn2)c2oc3ccccc3c12.[Ir+3]. The minimum Gasteiger partial charge on any atom is -0.501 e. The van der Waals surface area contributed by atoms with Crippen LogP contribution in [0.3, 0.4) is 0 Å². The van der Waals surface area contributed by atoms with Gasteiger partial charge in [-0.3, -0.25) is 0 Å². The molecule has 0 spiro atoms. The van der Waals surface area contributed by atoms with E-state index in [0.29, 0.717) is 33.8 Å². The third-order valence-corrected chi connectivity index (χ3v) is 14.6. The Balaban J connectivity index is 0.000000121. The van der Waals surface area contributed by atoms with Gasteiger partial charge in [0, 0.05) is 51.4 Å². The van der Waals surface area contributed by atoms with Crippen molar-refractivity contribution in [3.05, 3.63) is 271 Å². The minimum absolute atomic E-state index is 0. The quantitative estimate of drug-likeness (QED) is 0.154. The van der Waals surface area contributed by atoms with Crippen molar-refractivity contribution in [3.63, 3.8) is 0 Å². The topological polar surface area (TPSA) is 78.1 Å². The maximum atomic E-state index is 14.2. The average molecular weight is 1250 g/mol. The molecule has 10 heteroatoms. The molecule has 15 aromatic rings. The van der Waals surface area contributed by atoms with Crippen LogP contribution < -0.4 is 0 Å². The second kappa shape index (κ2) is 22.4. The number of hydrogen-bond acceptors (Lipinski definition) is 6.